The Balaban J connectivity index is 1.86. The van der Waals surface area contributed by atoms with Crippen molar-refractivity contribution >= 4 is 33.3 Å². The largest absolute Gasteiger partial charge is 0.369 e. The number of aromatic nitrogens is 2. The summed E-state index contributed by atoms with van der Waals surface area (Å²) < 4.78 is 0. The Morgan fingerprint density at radius 3 is 2.76 bits per heavy atom. The summed E-state index contributed by atoms with van der Waals surface area (Å²) in [4.78, 5) is 11.7. The summed E-state index contributed by atoms with van der Waals surface area (Å²) in [5.74, 6) is 1.73. The van der Waals surface area contributed by atoms with Crippen LogP contribution in [0.5, 0.6) is 0 Å². The highest BCUT2D eigenvalue weighted by atomic mass is 32.1. The zero-order valence-corrected chi connectivity index (χ0v) is 13.9. The van der Waals surface area contributed by atoms with Crippen LogP contribution in [0.1, 0.15) is 44.4 Å². The van der Waals surface area contributed by atoms with Gasteiger partial charge in [0, 0.05) is 18.0 Å². The van der Waals surface area contributed by atoms with Gasteiger partial charge >= 0.3 is 0 Å². The van der Waals surface area contributed by atoms with Crippen molar-refractivity contribution in [1.82, 2.24) is 9.97 Å². The van der Waals surface area contributed by atoms with Crippen molar-refractivity contribution < 1.29 is 0 Å². The van der Waals surface area contributed by atoms with E-state index in [1.807, 2.05) is 0 Å². The van der Waals surface area contributed by atoms with Crippen LogP contribution in [-0.2, 0) is 0 Å². The molecule has 0 aliphatic heterocycles. The molecule has 0 amide bonds. The summed E-state index contributed by atoms with van der Waals surface area (Å²) in [5.41, 5.74) is 0.444. The number of thiophene rings is 1. The molecule has 3 rings (SSSR count). The molecule has 21 heavy (non-hydrogen) atoms. The first-order chi connectivity index (χ1) is 10.1. The zero-order valence-electron chi connectivity index (χ0n) is 13.1. The van der Waals surface area contributed by atoms with Crippen molar-refractivity contribution in [3.63, 3.8) is 0 Å². The molecule has 1 aliphatic rings. The number of fused-ring (bicyclic) bond motifs is 1. The minimum absolute atomic E-state index is 0.444. The van der Waals surface area contributed by atoms with Crippen LogP contribution < -0.4 is 10.6 Å². The van der Waals surface area contributed by atoms with Crippen LogP contribution in [0, 0.1) is 12.3 Å². The molecule has 2 aromatic rings. The molecular formula is C16H24N4S. The van der Waals surface area contributed by atoms with Gasteiger partial charge in [-0.25, -0.2) is 4.98 Å². The Bertz CT molecular complexity index is 630. The number of rotatable bonds is 6. The predicted molar refractivity (Wildman–Crippen MR) is 91.4 cm³/mol. The lowest BCUT2D eigenvalue weighted by Gasteiger charge is -2.38. The molecule has 0 unspecified atom stereocenters. The molecule has 1 saturated carbocycles. The van der Waals surface area contributed by atoms with Crippen LogP contribution in [0.3, 0.4) is 0 Å². The highest BCUT2D eigenvalue weighted by Gasteiger charge is 2.31. The second-order valence-electron chi connectivity index (χ2n) is 6.42. The van der Waals surface area contributed by atoms with Crippen molar-refractivity contribution in [2.45, 2.75) is 46.5 Å². The summed E-state index contributed by atoms with van der Waals surface area (Å²) in [7, 11) is 0. The van der Waals surface area contributed by atoms with Gasteiger partial charge in [0.05, 0.1) is 5.39 Å². The predicted octanol–water partition coefficient (Wildman–Crippen LogP) is 4.42. The van der Waals surface area contributed by atoms with Gasteiger partial charge in [0.2, 0.25) is 5.95 Å². The Morgan fingerprint density at radius 2 is 2.10 bits per heavy atom. The Hall–Kier alpha value is -1.36. The minimum Gasteiger partial charge on any atom is -0.369 e. The third-order valence-electron chi connectivity index (χ3n) is 4.29. The van der Waals surface area contributed by atoms with E-state index in [0.29, 0.717) is 5.41 Å². The SMILES string of the molecule is CCCNc1nc(NCC2(C)CCC2)c2cc(C)sc2n1. The maximum atomic E-state index is 4.69. The average molecular weight is 304 g/mol. The monoisotopic (exact) mass is 304 g/mol. The number of aryl methyl sites for hydroxylation is 1. The molecule has 0 saturated heterocycles. The Morgan fingerprint density at radius 1 is 1.29 bits per heavy atom. The molecule has 0 radical (unpaired) electrons. The summed E-state index contributed by atoms with van der Waals surface area (Å²) in [6.45, 7) is 8.55. The lowest BCUT2D eigenvalue weighted by molar-refractivity contribution is 0.180. The lowest BCUT2D eigenvalue weighted by Crippen LogP contribution is -2.33. The maximum Gasteiger partial charge on any atom is 0.226 e. The maximum absolute atomic E-state index is 4.69. The van der Waals surface area contributed by atoms with Gasteiger partial charge in [0.15, 0.2) is 0 Å². The zero-order chi connectivity index (χ0) is 14.9. The minimum atomic E-state index is 0.444. The molecule has 0 aromatic carbocycles. The fraction of sp³-hybridized carbons (Fsp3) is 0.625. The average Bonchev–Trinajstić information content (AvgIpc) is 2.80. The van der Waals surface area contributed by atoms with Crippen LogP contribution in [-0.4, -0.2) is 23.1 Å². The van der Waals surface area contributed by atoms with Crippen molar-refractivity contribution in [1.29, 1.82) is 0 Å². The standard InChI is InChI=1S/C16H24N4S/c1-4-8-17-15-19-13(18-10-16(3)6-5-7-16)12-9-11(2)21-14(12)20-15/h9H,4-8,10H2,1-3H3,(H2,17,18,19,20). The molecule has 1 fully saturated rings. The Labute approximate surface area is 130 Å². The van der Waals surface area contributed by atoms with Crippen LogP contribution in [0.25, 0.3) is 10.2 Å². The van der Waals surface area contributed by atoms with E-state index < -0.39 is 0 Å². The van der Waals surface area contributed by atoms with Crippen LogP contribution >= 0.6 is 11.3 Å². The third kappa shape index (κ3) is 3.12. The van der Waals surface area contributed by atoms with Crippen molar-refractivity contribution in [3.05, 3.63) is 10.9 Å². The molecule has 0 atom stereocenters. The van der Waals surface area contributed by atoms with Crippen LogP contribution in [0.2, 0.25) is 0 Å². The summed E-state index contributed by atoms with van der Waals surface area (Å²) >= 11 is 1.74. The van der Waals surface area contributed by atoms with Gasteiger partial charge in [-0.1, -0.05) is 20.3 Å². The smallest absolute Gasteiger partial charge is 0.226 e. The number of nitrogens with one attached hydrogen (secondary N) is 2. The second kappa shape index (κ2) is 5.79. The van der Waals surface area contributed by atoms with Gasteiger partial charge in [-0.05, 0) is 37.7 Å². The van der Waals surface area contributed by atoms with Gasteiger partial charge < -0.3 is 10.6 Å². The second-order valence-corrected chi connectivity index (χ2v) is 7.65. The van der Waals surface area contributed by atoms with E-state index in [9.17, 15) is 0 Å². The van der Waals surface area contributed by atoms with Gasteiger partial charge in [0.1, 0.15) is 10.6 Å². The molecular weight excluding hydrogens is 280 g/mol. The van der Waals surface area contributed by atoms with Crippen LogP contribution in [0.4, 0.5) is 11.8 Å². The third-order valence-corrected chi connectivity index (χ3v) is 5.24. The van der Waals surface area contributed by atoms with Gasteiger partial charge in [0.25, 0.3) is 0 Å². The topological polar surface area (TPSA) is 49.8 Å². The normalized spacial score (nSPS) is 16.7. The highest BCUT2D eigenvalue weighted by Crippen LogP contribution is 2.40. The van der Waals surface area contributed by atoms with Crippen molar-refractivity contribution in [2.75, 3.05) is 23.7 Å². The molecule has 2 N–H and O–H groups in total. The Kier molecular flexibility index (Phi) is 4.02. The molecule has 0 spiro atoms. The quantitative estimate of drug-likeness (QED) is 0.829. The van der Waals surface area contributed by atoms with Crippen molar-refractivity contribution in [3.8, 4) is 0 Å². The summed E-state index contributed by atoms with van der Waals surface area (Å²) in [6, 6.07) is 2.19. The van der Waals surface area contributed by atoms with E-state index in [4.69, 9.17) is 0 Å². The van der Waals surface area contributed by atoms with Gasteiger partial charge in [-0.15, -0.1) is 11.3 Å². The molecule has 114 valence electrons. The van der Waals surface area contributed by atoms with E-state index >= 15 is 0 Å². The molecule has 2 aromatic heterocycles. The lowest BCUT2D eigenvalue weighted by atomic mass is 9.70. The first kappa shape index (κ1) is 14.6. The highest BCUT2D eigenvalue weighted by molar-refractivity contribution is 7.18. The molecule has 5 heteroatoms. The fourth-order valence-electron chi connectivity index (χ4n) is 2.75. The van der Waals surface area contributed by atoms with E-state index in [1.54, 1.807) is 11.3 Å². The van der Waals surface area contributed by atoms with Gasteiger partial charge in [-0.2, -0.15) is 4.98 Å². The van der Waals surface area contributed by atoms with E-state index in [2.05, 4.69) is 47.4 Å². The number of nitrogens with zero attached hydrogens (tertiary/aromatic N) is 2. The number of hydrogen-bond acceptors (Lipinski definition) is 5. The summed E-state index contributed by atoms with van der Waals surface area (Å²) in [6.07, 6.45) is 5.07. The first-order valence-electron chi connectivity index (χ1n) is 7.85. The molecule has 0 bridgehead atoms. The van der Waals surface area contributed by atoms with E-state index in [0.717, 1.165) is 41.5 Å². The molecule has 4 nitrogen and oxygen atoms in total. The number of hydrogen-bond donors (Lipinski definition) is 2. The summed E-state index contributed by atoms with van der Waals surface area (Å²) in [5, 5.41) is 8.04. The molecule has 1 aliphatic carbocycles. The van der Waals surface area contributed by atoms with E-state index in [-0.39, 0.29) is 0 Å². The fourth-order valence-corrected chi connectivity index (χ4v) is 3.63. The first-order valence-corrected chi connectivity index (χ1v) is 8.67. The van der Waals surface area contributed by atoms with E-state index in [1.165, 1.54) is 24.1 Å². The van der Waals surface area contributed by atoms with Crippen molar-refractivity contribution in [2.24, 2.45) is 5.41 Å². The molecule has 2 heterocycles. The van der Waals surface area contributed by atoms with Crippen LogP contribution in [0.15, 0.2) is 6.07 Å². The number of anilines is 2. The van der Waals surface area contributed by atoms with Gasteiger partial charge in [-0.3, -0.25) is 0 Å².